The second-order valence-electron chi connectivity index (χ2n) is 4.14. The van der Waals surface area contributed by atoms with Crippen LogP contribution >= 0.6 is 11.3 Å². The van der Waals surface area contributed by atoms with Crippen molar-refractivity contribution >= 4 is 11.3 Å². The van der Waals surface area contributed by atoms with Crippen LogP contribution in [0.1, 0.15) is 35.3 Å². The van der Waals surface area contributed by atoms with Gasteiger partial charge in [-0.25, -0.2) is 4.98 Å². The molecule has 0 radical (unpaired) electrons. The van der Waals surface area contributed by atoms with Crippen LogP contribution in [-0.4, -0.2) is 11.0 Å². The van der Waals surface area contributed by atoms with Crippen LogP contribution in [-0.2, 0) is 6.54 Å². The van der Waals surface area contributed by atoms with Crippen molar-refractivity contribution in [2.75, 3.05) is 0 Å². The maximum atomic E-state index is 4.52. The van der Waals surface area contributed by atoms with Gasteiger partial charge in [-0.1, -0.05) is 13.3 Å². The van der Waals surface area contributed by atoms with Crippen LogP contribution in [0.15, 0.2) is 0 Å². The van der Waals surface area contributed by atoms with Crippen LogP contribution in [0.4, 0.5) is 0 Å². The van der Waals surface area contributed by atoms with Crippen LogP contribution in [0.3, 0.4) is 0 Å². The Morgan fingerprint density at radius 1 is 1.50 bits per heavy atom. The summed E-state index contributed by atoms with van der Waals surface area (Å²) in [6, 6.07) is 0.768. The minimum atomic E-state index is 0.768. The van der Waals surface area contributed by atoms with Gasteiger partial charge < -0.3 is 5.32 Å². The van der Waals surface area contributed by atoms with E-state index in [2.05, 4.69) is 31.1 Å². The molecule has 0 saturated heterocycles. The van der Waals surface area contributed by atoms with Gasteiger partial charge in [-0.3, -0.25) is 0 Å². The molecule has 0 aromatic carbocycles. The molecule has 0 aliphatic heterocycles. The van der Waals surface area contributed by atoms with Crippen molar-refractivity contribution in [3.05, 3.63) is 15.6 Å². The molecule has 1 fully saturated rings. The van der Waals surface area contributed by atoms with E-state index in [0.717, 1.165) is 18.5 Å². The summed E-state index contributed by atoms with van der Waals surface area (Å²) in [6.07, 6.45) is 2.67. The number of nitrogens with zero attached hydrogens (tertiary/aromatic N) is 1. The van der Waals surface area contributed by atoms with Crippen LogP contribution < -0.4 is 5.32 Å². The molecule has 2 rings (SSSR count). The van der Waals surface area contributed by atoms with E-state index >= 15 is 0 Å². The smallest absolute Gasteiger partial charge is 0.107 e. The molecule has 78 valence electrons. The summed E-state index contributed by atoms with van der Waals surface area (Å²) in [7, 11) is 0. The van der Waals surface area contributed by atoms with Crippen LogP contribution in [0.25, 0.3) is 0 Å². The van der Waals surface area contributed by atoms with Crippen molar-refractivity contribution in [3.8, 4) is 0 Å². The number of rotatable bonds is 4. The van der Waals surface area contributed by atoms with Crippen molar-refractivity contribution in [1.29, 1.82) is 0 Å². The Kier molecular flexibility index (Phi) is 2.88. The quantitative estimate of drug-likeness (QED) is 0.826. The summed E-state index contributed by atoms with van der Waals surface area (Å²) in [6.45, 7) is 7.45. The minimum absolute atomic E-state index is 0.768. The fourth-order valence-corrected chi connectivity index (χ4v) is 2.67. The Labute approximate surface area is 89.8 Å². The lowest BCUT2D eigenvalue weighted by molar-refractivity contribution is 0.621. The fourth-order valence-electron chi connectivity index (χ4n) is 1.78. The van der Waals surface area contributed by atoms with E-state index in [1.165, 1.54) is 28.4 Å². The van der Waals surface area contributed by atoms with E-state index in [1.807, 2.05) is 11.3 Å². The Morgan fingerprint density at radius 2 is 2.29 bits per heavy atom. The lowest BCUT2D eigenvalue weighted by Gasteiger charge is -1.99. The van der Waals surface area contributed by atoms with Gasteiger partial charge >= 0.3 is 0 Å². The zero-order valence-corrected chi connectivity index (χ0v) is 9.95. The summed E-state index contributed by atoms with van der Waals surface area (Å²) in [5.41, 5.74) is 1.19. The predicted molar refractivity (Wildman–Crippen MR) is 60.6 cm³/mol. The molecular weight excluding hydrogens is 192 g/mol. The summed E-state index contributed by atoms with van der Waals surface area (Å²) >= 11 is 1.82. The molecule has 1 saturated carbocycles. The molecule has 1 heterocycles. The Morgan fingerprint density at radius 3 is 2.79 bits per heavy atom. The highest BCUT2D eigenvalue weighted by Gasteiger charge is 2.34. The highest BCUT2D eigenvalue weighted by atomic mass is 32.1. The number of hydrogen-bond acceptors (Lipinski definition) is 3. The first-order chi connectivity index (χ1) is 6.70. The van der Waals surface area contributed by atoms with Crippen LogP contribution in [0, 0.1) is 19.8 Å². The third-order valence-electron chi connectivity index (χ3n) is 3.04. The first-order valence-corrected chi connectivity index (χ1v) is 6.18. The zero-order chi connectivity index (χ0) is 10.1. The SMILES string of the molecule is CCC1CC1NCc1nc(C)c(C)s1. The first kappa shape index (κ1) is 10.1. The van der Waals surface area contributed by atoms with Gasteiger partial charge in [-0.15, -0.1) is 11.3 Å². The van der Waals surface area contributed by atoms with Crippen molar-refractivity contribution in [2.45, 2.75) is 46.2 Å². The van der Waals surface area contributed by atoms with Crippen LogP contribution in [0.2, 0.25) is 0 Å². The third-order valence-corrected chi connectivity index (χ3v) is 4.11. The normalized spacial score (nSPS) is 25.4. The zero-order valence-electron chi connectivity index (χ0n) is 9.13. The Bertz CT molecular complexity index is 300. The second kappa shape index (κ2) is 3.99. The average molecular weight is 210 g/mol. The van der Waals surface area contributed by atoms with Crippen molar-refractivity contribution < 1.29 is 0 Å². The van der Waals surface area contributed by atoms with Gasteiger partial charge in [-0.05, 0) is 26.2 Å². The number of hydrogen-bond donors (Lipinski definition) is 1. The molecule has 0 amide bonds. The molecule has 2 nitrogen and oxygen atoms in total. The lowest BCUT2D eigenvalue weighted by atomic mass is 10.3. The molecule has 0 spiro atoms. The van der Waals surface area contributed by atoms with E-state index in [0.29, 0.717) is 0 Å². The van der Waals surface area contributed by atoms with Gasteiger partial charge in [0.05, 0.1) is 5.69 Å². The topological polar surface area (TPSA) is 24.9 Å². The fraction of sp³-hybridized carbons (Fsp3) is 0.727. The maximum Gasteiger partial charge on any atom is 0.107 e. The maximum absolute atomic E-state index is 4.52. The van der Waals surface area contributed by atoms with Crippen molar-refractivity contribution in [3.63, 3.8) is 0 Å². The summed E-state index contributed by atoms with van der Waals surface area (Å²) in [5.74, 6) is 0.928. The first-order valence-electron chi connectivity index (χ1n) is 5.37. The average Bonchev–Trinajstić information content (AvgIpc) is 2.85. The highest BCUT2D eigenvalue weighted by molar-refractivity contribution is 7.11. The molecule has 2 atom stereocenters. The molecule has 1 aromatic rings. The molecule has 14 heavy (non-hydrogen) atoms. The van der Waals surface area contributed by atoms with E-state index in [4.69, 9.17) is 0 Å². The standard InChI is InChI=1S/C11H18N2S/c1-4-9-5-10(9)12-6-11-13-7(2)8(3)14-11/h9-10,12H,4-6H2,1-3H3. The van der Waals surface area contributed by atoms with E-state index in [1.54, 1.807) is 0 Å². The number of nitrogens with one attached hydrogen (secondary N) is 1. The monoisotopic (exact) mass is 210 g/mol. The molecule has 1 N–H and O–H groups in total. The van der Waals surface area contributed by atoms with Gasteiger partial charge in [0.15, 0.2) is 0 Å². The summed E-state index contributed by atoms with van der Waals surface area (Å²) in [5, 5.41) is 4.80. The lowest BCUT2D eigenvalue weighted by Crippen LogP contribution is -2.17. The molecule has 3 heteroatoms. The summed E-state index contributed by atoms with van der Waals surface area (Å²) in [4.78, 5) is 5.87. The predicted octanol–water partition coefficient (Wildman–Crippen LogP) is 2.65. The number of aromatic nitrogens is 1. The Hall–Kier alpha value is -0.410. The van der Waals surface area contributed by atoms with Crippen molar-refractivity contribution in [2.24, 2.45) is 5.92 Å². The second-order valence-corrected chi connectivity index (χ2v) is 5.43. The van der Waals surface area contributed by atoms with Gasteiger partial charge in [0.25, 0.3) is 0 Å². The molecule has 1 aromatic heterocycles. The van der Waals surface area contributed by atoms with Gasteiger partial charge in [0, 0.05) is 17.5 Å². The van der Waals surface area contributed by atoms with Crippen LogP contribution in [0.5, 0.6) is 0 Å². The molecule has 2 unspecified atom stereocenters. The van der Waals surface area contributed by atoms with E-state index in [9.17, 15) is 0 Å². The summed E-state index contributed by atoms with van der Waals surface area (Å²) < 4.78 is 0. The molecule has 0 bridgehead atoms. The number of aryl methyl sites for hydroxylation is 2. The third kappa shape index (κ3) is 2.15. The Balaban J connectivity index is 1.81. The van der Waals surface area contributed by atoms with Crippen molar-refractivity contribution in [1.82, 2.24) is 10.3 Å². The van der Waals surface area contributed by atoms with Gasteiger partial charge in [0.1, 0.15) is 5.01 Å². The van der Waals surface area contributed by atoms with E-state index in [-0.39, 0.29) is 0 Å². The van der Waals surface area contributed by atoms with Gasteiger partial charge in [0.2, 0.25) is 0 Å². The molecule has 1 aliphatic carbocycles. The highest BCUT2D eigenvalue weighted by Crippen LogP contribution is 2.33. The van der Waals surface area contributed by atoms with E-state index < -0.39 is 0 Å². The number of thiazole rings is 1. The molecular formula is C11H18N2S. The van der Waals surface area contributed by atoms with Gasteiger partial charge in [-0.2, -0.15) is 0 Å². The molecule has 1 aliphatic rings. The minimum Gasteiger partial charge on any atom is -0.307 e. The largest absolute Gasteiger partial charge is 0.307 e.